The van der Waals surface area contributed by atoms with E-state index in [1.54, 1.807) is 0 Å². The second-order valence-electron chi connectivity index (χ2n) is 5.72. The maximum Gasteiger partial charge on any atom is 4.00 e. The van der Waals surface area contributed by atoms with E-state index in [1.807, 2.05) is 33.2 Å². The van der Waals surface area contributed by atoms with Crippen molar-refractivity contribution in [3.05, 3.63) is 75.4 Å². The number of hydrogen-bond donors (Lipinski definition) is 1. The molecule has 2 nitrogen and oxygen atoms in total. The summed E-state index contributed by atoms with van der Waals surface area (Å²) in [5, 5.41) is 2.62. The van der Waals surface area contributed by atoms with Gasteiger partial charge in [0, 0.05) is 11.0 Å². The van der Waals surface area contributed by atoms with E-state index >= 15 is 0 Å². The fourth-order valence-electron chi connectivity index (χ4n) is 1.82. The van der Waals surface area contributed by atoms with E-state index in [2.05, 4.69) is 47.4 Å². The first kappa shape index (κ1) is 26.9. The van der Waals surface area contributed by atoms with Crippen LogP contribution in [0.2, 0.25) is 0 Å². The van der Waals surface area contributed by atoms with Gasteiger partial charge in [-0.05, 0) is 12.4 Å². The minimum absolute atomic E-state index is 0. The predicted octanol–water partition coefficient (Wildman–Crippen LogP) is 5.91. The van der Waals surface area contributed by atoms with Crippen molar-refractivity contribution < 1.29 is 21.7 Å². The van der Waals surface area contributed by atoms with Crippen LogP contribution in [0.25, 0.3) is 27.6 Å². The van der Waals surface area contributed by atoms with Gasteiger partial charge in [0.15, 0.2) is 0 Å². The molecular weight excluding hydrogens is 332 g/mol. The Balaban J connectivity index is -0.000000400. The van der Waals surface area contributed by atoms with Gasteiger partial charge in [0.1, 0.15) is 0 Å². The molecule has 0 fully saturated rings. The van der Waals surface area contributed by atoms with Gasteiger partial charge in [0.2, 0.25) is 0 Å². The normalized spacial score (nSPS) is 9.22. The summed E-state index contributed by atoms with van der Waals surface area (Å²) in [5.74, 6) is 0. The molecule has 120 valence electrons. The molecule has 2 aromatic carbocycles. The molecule has 0 saturated carbocycles. The van der Waals surface area contributed by atoms with Crippen LogP contribution in [-0.2, 0) is 21.7 Å². The van der Waals surface area contributed by atoms with Gasteiger partial charge in [-0.15, -0.1) is 40.1 Å². The fraction of sp³-hybridized carbons (Fsp3) is 0.211. The van der Waals surface area contributed by atoms with Crippen molar-refractivity contribution in [1.29, 1.82) is 0 Å². The Labute approximate surface area is 161 Å². The van der Waals surface area contributed by atoms with Crippen molar-refractivity contribution in [3.8, 4) is 11.1 Å². The van der Waals surface area contributed by atoms with Gasteiger partial charge < -0.3 is 25.6 Å². The number of H-pyrrole nitrogens is 1. The number of fused-ring (bicyclic) bond motifs is 1. The van der Waals surface area contributed by atoms with Gasteiger partial charge in [0.05, 0.1) is 0 Å². The van der Waals surface area contributed by atoms with E-state index in [-0.39, 0.29) is 53.1 Å². The van der Waals surface area contributed by atoms with Crippen LogP contribution >= 0.6 is 0 Å². The van der Waals surface area contributed by atoms with Crippen LogP contribution in [0.5, 0.6) is 0 Å². The Morgan fingerprint density at radius 1 is 1.04 bits per heavy atom. The van der Waals surface area contributed by atoms with Crippen LogP contribution in [0.4, 0.5) is 0 Å². The topological polar surface area (TPSA) is 39.6 Å². The number of benzene rings is 1. The van der Waals surface area contributed by atoms with Crippen LogP contribution in [-0.4, -0.2) is 21.5 Å². The summed E-state index contributed by atoms with van der Waals surface area (Å²) in [6, 6.07) is 15.0. The largest absolute Gasteiger partial charge is 4.00 e. The fourth-order valence-corrected chi connectivity index (χ4v) is 1.82. The molecule has 2 N–H and O–H groups in total. The van der Waals surface area contributed by atoms with Gasteiger partial charge in [-0.1, -0.05) is 50.6 Å². The molecule has 0 saturated heterocycles. The first-order valence-electron chi connectivity index (χ1n) is 6.47. The number of hydrogen-bond acceptors (Lipinski definition) is 0. The zero-order valence-electron chi connectivity index (χ0n) is 14.7. The first-order chi connectivity index (χ1) is 8.93. The molecular formula is C19H26N2SiTi. The molecule has 0 aliphatic carbocycles. The Hall–Kier alpha value is -0.999. The Morgan fingerprint density at radius 3 is 2.09 bits per heavy atom. The molecule has 0 spiro atoms. The Bertz CT molecular complexity index is 598. The predicted molar refractivity (Wildman–Crippen MR) is 102 cm³/mol. The van der Waals surface area contributed by atoms with Crippen LogP contribution in [0, 0.1) is 14.9 Å². The molecule has 3 aromatic rings. The molecule has 23 heavy (non-hydrogen) atoms. The second kappa shape index (κ2) is 11.5. The number of aromatic nitrogens is 1. The van der Waals surface area contributed by atoms with E-state index in [4.69, 9.17) is 5.73 Å². The van der Waals surface area contributed by atoms with E-state index in [9.17, 15) is 0 Å². The third-order valence-corrected chi connectivity index (χ3v) is 2.55. The van der Waals surface area contributed by atoms with Crippen molar-refractivity contribution >= 4 is 21.7 Å². The molecule has 3 rings (SSSR count). The zero-order valence-corrected chi connectivity index (χ0v) is 17.3. The number of aromatic amines is 1. The molecule has 1 aromatic heterocycles. The average molecular weight is 358 g/mol. The summed E-state index contributed by atoms with van der Waals surface area (Å²) in [4.78, 5) is 3.07. The van der Waals surface area contributed by atoms with Crippen LogP contribution in [0.3, 0.4) is 0 Å². The Morgan fingerprint density at radius 2 is 1.61 bits per heavy atom. The molecule has 0 unspecified atom stereocenters. The molecule has 0 bridgehead atoms. The van der Waals surface area contributed by atoms with Gasteiger partial charge in [-0.2, -0.15) is 0 Å². The van der Waals surface area contributed by atoms with Crippen LogP contribution in [0.15, 0.2) is 54.9 Å². The second-order valence-corrected chi connectivity index (χ2v) is 5.72. The molecule has 0 amide bonds. The summed E-state index contributed by atoms with van der Waals surface area (Å²) in [5.41, 5.74) is 9.22. The zero-order chi connectivity index (χ0) is 13.9. The quantitative estimate of drug-likeness (QED) is 0.415. The third-order valence-electron chi connectivity index (χ3n) is 2.55. The van der Waals surface area contributed by atoms with Gasteiger partial charge >= 0.3 is 21.7 Å². The minimum atomic E-state index is -0.250. The summed E-state index contributed by atoms with van der Waals surface area (Å²) < 4.78 is 0. The van der Waals surface area contributed by atoms with Crippen molar-refractivity contribution in [2.45, 2.75) is 26.3 Å². The van der Waals surface area contributed by atoms with Gasteiger partial charge in [-0.3, -0.25) is 0 Å². The third kappa shape index (κ3) is 9.02. The van der Waals surface area contributed by atoms with E-state index in [0.717, 1.165) is 0 Å². The number of rotatable bonds is 1. The molecule has 1 heterocycles. The van der Waals surface area contributed by atoms with Crippen molar-refractivity contribution in [2.75, 3.05) is 0 Å². The van der Waals surface area contributed by atoms with Crippen LogP contribution < -0.4 is 0 Å². The molecule has 0 atom stereocenters. The van der Waals surface area contributed by atoms with Gasteiger partial charge in [0.25, 0.3) is 0 Å². The SMILES string of the molecule is CC(C)(C)[NH-].[CH3-].[CH3-].[Si].[Ti+4].c1ccc2[cH-]c(-c3cc[nH]c3)cc2c1. The molecule has 4 heteroatoms. The first-order valence-corrected chi connectivity index (χ1v) is 6.47. The van der Waals surface area contributed by atoms with E-state index < -0.39 is 0 Å². The summed E-state index contributed by atoms with van der Waals surface area (Å²) in [6.45, 7) is 5.56. The summed E-state index contributed by atoms with van der Waals surface area (Å²) in [6.07, 6.45) is 3.97. The maximum absolute atomic E-state index is 6.94. The standard InChI is InChI=1S/C13H10N.C4H10N.2CH3.Si.Ti/c1-2-4-11-8-13(7-10(11)3-1)12-5-6-14-9-12;1-4(2,3)5;;;;/h1-9,14H;5H,1-3H3;2*1H3;;/q4*-1;;+4. The van der Waals surface area contributed by atoms with Gasteiger partial charge in [-0.25, -0.2) is 0 Å². The maximum atomic E-state index is 6.94. The smallest absolute Gasteiger partial charge is 0.673 e. The van der Waals surface area contributed by atoms with E-state index in [0.29, 0.717) is 0 Å². The van der Waals surface area contributed by atoms with Crippen molar-refractivity contribution in [1.82, 2.24) is 4.98 Å². The van der Waals surface area contributed by atoms with Crippen LogP contribution in [0.1, 0.15) is 20.8 Å². The molecule has 0 aliphatic rings. The molecule has 0 aliphatic heterocycles. The molecule has 4 radical (unpaired) electrons. The monoisotopic (exact) mass is 358 g/mol. The average Bonchev–Trinajstić information content (AvgIpc) is 2.95. The Kier molecular flexibility index (Phi) is 13.5. The minimum Gasteiger partial charge on any atom is -0.673 e. The van der Waals surface area contributed by atoms with E-state index in [1.165, 1.54) is 21.9 Å². The summed E-state index contributed by atoms with van der Waals surface area (Å²) in [7, 11) is 0. The van der Waals surface area contributed by atoms with Crippen molar-refractivity contribution in [3.63, 3.8) is 0 Å². The van der Waals surface area contributed by atoms with Crippen molar-refractivity contribution in [2.24, 2.45) is 0 Å². The number of nitrogens with one attached hydrogen (secondary N) is 2. The summed E-state index contributed by atoms with van der Waals surface area (Å²) >= 11 is 0.